The third-order valence-corrected chi connectivity index (χ3v) is 4.47. The van der Waals surface area contributed by atoms with E-state index >= 15 is 0 Å². The molecule has 6 nitrogen and oxygen atoms in total. The molecule has 0 aliphatic heterocycles. The van der Waals surface area contributed by atoms with Crippen LogP contribution in [0, 0.1) is 0 Å². The number of benzene rings is 3. The Labute approximate surface area is 185 Å². The van der Waals surface area contributed by atoms with Crippen LogP contribution >= 0.6 is 11.6 Å². The molecule has 3 aromatic rings. The van der Waals surface area contributed by atoms with Crippen molar-refractivity contribution in [3.8, 4) is 17.2 Å². The Morgan fingerprint density at radius 2 is 1.35 bits per heavy atom. The van der Waals surface area contributed by atoms with Gasteiger partial charge in [0.05, 0.1) is 0 Å². The summed E-state index contributed by atoms with van der Waals surface area (Å²) in [5.41, 5.74) is 0.554. The molecule has 0 spiro atoms. The zero-order valence-corrected chi connectivity index (χ0v) is 17.8. The highest BCUT2D eigenvalue weighted by molar-refractivity contribution is 6.30. The van der Waals surface area contributed by atoms with Gasteiger partial charge in [-0.15, -0.1) is 0 Å². The molecule has 1 amide bonds. The van der Waals surface area contributed by atoms with Gasteiger partial charge in [0.1, 0.15) is 17.2 Å². The summed E-state index contributed by atoms with van der Waals surface area (Å²) >= 11 is 5.83. The van der Waals surface area contributed by atoms with Crippen molar-refractivity contribution >= 4 is 29.2 Å². The number of anilines is 1. The molecule has 3 aromatic carbocycles. The van der Waals surface area contributed by atoms with Gasteiger partial charge in [-0.3, -0.25) is 4.79 Å². The molecule has 0 radical (unpaired) electrons. The monoisotopic (exact) mass is 439 g/mol. The Kier molecular flexibility index (Phi) is 7.51. The largest absolute Gasteiger partial charge is 0.479 e. The van der Waals surface area contributed by atoms with Crippen molar-refractivity contribution in [1.82, 2.24) is 0 Å². The Balaban J connectivity index is 1.49. The standard InChI is InChI=1S/C24H22ClNO5/c1-16(30-24(28)17(2)29-21-12-8-18(25)9-13-21)23(27)26-19-10-14-22(15-11-19)31-20-6-4-3-5-7-20/h3-17H,1-2H3,(H,26,27). The lowest BCUT2D eigenvalue weighted by Gasteiger charge is -2.18. The Morgan fingerprint density at radius 3 is 2.00 bits per heavy atom. The quantitative estimate of drug-likeness (QED) is 0.471. The van der Waals surface area contributed by atoms with E-state index in [0.717, 1.165) is 5.75 Å². The summed E-state index contributed by atoms with van der Waals surface area (Å²) < 4.78 is 16.4. The van der Waals surface area contributed by atoms with Crippen LogP contribution in [-0.2, 0) is 14.3 Å². The predicted octanol–water partition coefficient (Wildman–Crippen LogP) is 5.47. The third-order valence-electron chi connectivity index (χ3n) is 4.22. The molecule has 2 unspecified atom stereocenters. The van der Waals surface area contributed by atoms with Crippen molar-refractivity contribution in [3.05, 3.63) is 83.9 Å². The van der Waals surface area contributed by atoms with Crippen molar-refractivity contribution < 1.29 is 23.8 Å². The van der Waals surface area contributed by atoms with Crippen molar-refractivity contribution in [2.75, 3.05) is 5.32 Å². The number of carbonyl (C=O) groups excluding carboxylic acids is 2. The summed E-state index contributed by atoms with van der Waals surface area (Å²) in [4.78, 5) is 24.6. The molecule has 160 valence electrons. The molecule has 0 saturated heterocycles. The Hall–Kier alpha value is -3.51. The molecule has 7 heteroatoms. The molecule has 0 bridgehead atoms. The zero-order chi connectivity index (χ0) is 22.2. The average molecular weight is 440 g/mol. The first kappa shape index (κ1) is 22.2. The van der Waals surface area contributed by atoms with Gasteiger partial charge in [-0.05, 0) is 74.5 Å². The first-order valence-corrected chi connectivity index (χ1v) is 10.0. The number of hydrogen-bond donors (Lipinski definition) is 1. The first-order valence-electron chi connectivity index (χ1n) is 9.67. The SMILES string of the molecule is CC(OC(=O)C(C)Oc1ccc(Cl)cc1)C(=O)Nc1ccc(Oc2ccccc2)cc1. The highest BCUT2D eigenvalue weighted by Gasteiger charge is 2.23. The number of nitrogens with one attached hydrogen (secondary N) is 1. The van der Waals surface area contributed by atoms with E-state index in [1.54, 1.807) is 55.5 Å². The molecule has 31 heavy (non-hydrogen) atoms. The molecular weight excluding hydrogens is 418 g/mol. The van der Waals surface area contributed by atoms with E-state index < -0.39 is 24.1 Å². The van der Waals surface area contributed by atoms with E-state index in [9.17, 15) is 9.59 Å². The Bertz CT molecular complexity index is 1010. The van der Waals surface area contributed by atoms with Crippen molar-refractivity contribution in [2.45, 2.75) is 26.1 Å². The topological polar surface area (TPSA) is 73.9 Å². The summed E-state index contributed by atoms with van der Waals surface area (Å²) in [5.74, 6) is 0.725. The molecule has 0 aliphatic rings. The van der Waals surface area contributed by atoms with E-state index in [-0.39, 0.29) is 0 Å². The summed E-state index contributed by atoms with van der Waals surface area (Å²) in [6, 6.07) is 22.9. The lowest BCUT2D eigenvalue weighted by atomic mass is 10.2. The summed E-state index contributed by atoms with van der Waals surface area (Å²) in [5, 5.41) is 3.27. The fourth-order valence-electron chi connectivity index (χ4n) is 2.56. The van der Waals surface area contributed by atoms with Gasteiger partial charge in [0, 0.05) is 10.7 Å². The van der Waals surface area contributed by atoms with Crippen LogP contribution in [0.25, 0.3) is 0 Å². The minimum Gasteiger partial charge on any atom is -0.479 e. The highest BCUT2D eigenvalue weighted by atomic mass is 35.5. The smallest absolute Gasteiger partial charge is 0.347 e. The molecular formula is C24H22ClNO5. The van der Waals surface area contributed by atoms with Gasteiger partial charge in [0.15, 0.2) is 12.2 Å². The molecule has 3 rings (SSSR count). The number of hydrogen-bond acceptors (Lipinski definition) is 5. The minimum atomic E-state index is -0.996. The Morgan fingerprint density at radius 1 is 0.774 bits per heavy atom. The lowest BCUT2D eigenvalue weighted by Crippen LogP contribution is -2.35. The van der Waals surface area contributed by atoms with E-state index in [1.165, 1.54) is 6.92 Å². The fraction of sp³-hybridized carbons (Fsp3) is 0.167. The molecule has 1 N–H and O–H groups in total. The van der Waals surface area contributed by atoms with E-state index in [4.69, 9.17) is 25.8 Å². The number of amides is 1. The van der Waals surface area contributed by atoms with Crippen LogP contribution in [-0.4, -0.2) is 24.1 Å². The van der Waals surface area contributed by atoms with Gasteiger partial charge in [-0.25, -0.2) is 4.79 Å². The van der Waals surface area contributed by atoms with Gasteiger partial charge in [0.2, 0.25) is 0 Å². The first-order chi connectivity index (χ1) is 14.9. The summed E-state index contributed by atoms with van der Waals surface area (Å²) in [6.07, 6.45) is -1.88. The van der Waals surface area contributed by atoms with Crippen molar-refractivity contribution in [1.29, 1.82) is 0 Å². The summed E-state index contributed by atoms with van der Waals surface area (Å²) in [6.45, 7) is 3.04. The minimum absolute atomic E-state index is 0.455. The van der Waals surface area contributed by atoms with E-state index in [2.05, 4.69) is 5.32 Å². The van der Waals surface area contributed by atoms with Crippen LogP contribution in [0.1, 0.15) is 13.8 Å². The summed E-state index contributed by atoms with van der Waals surface area (Å²) in [7, 11) is 0. The van der Waals surface area contributed by atoms with Crippen LogP contribution in [0.15, 0.2) is 78.9 Å². The highest BCUT2D eigenvalue weighted by Crippen LogP contribution is 2.23. The molecule has 0 heterocycles. The molecule has 2 atom stereocenters. The number of halogens is 1. The number of para-hydroxylation sites is 1. The second kappa shape index (κ2) is 10.5. The third kappa shape index (κ3) is 6.76. The molecule has 0 saturated carbocycles. The van der Waals surface area contributed by atoms with Crippen molar-refractivity contribution in [3.63, 3.8) is 0 Å². The van der Waals surface area contributed by atoms with Gasteiger partial charge in [0.25, 0.3) is 5.91 Å². The lowest BCUT2D eigenvalue weighted by molar-refractivity contribution is -0.159. The van der Waals surface area contributed by atoms with Crippen molar-refractivity contribution in [2.24, 2.45) is 0 Å². The number of esters is 1. The van der Waals surface area contributed by atoms with Crippen LogP contribution in [0.5, 0.6) is 17.2 Å². The van der Waals surface area contributed by atoms with Crippen LogP contribution < -0.4 is 14.8 Å². The maximum atomic E-state index is 12.4. The molecule has 0 aromatic heterocycles. The number of rotatable bonds is 8. The second-order valence-electron chi connectivity index (χ2n) is 6.72. The van der Waals surface area contributed by atoms with Gasteiger partial charge in [-0.2, -0.15) is 0 Å². The maximum Gasteiger partial charge on any atom is 0.347 e. The molecule has 0 aliphatic carbocycles. The van der Waals surface area contributed by atoms with Crippen LogP contribution in [0.3, 0.4) is 0 Å². The van der Waals surface area contributed by atoms with Gasteiger partial charge >= 0.3 is 5.97 Å². The normalized spacial score (nSPS) is 12.4. The number of carbonyl (C=O) groups is 2. The van der Waals surface area contributed by atoms with E-state index in [0.29, 0.717) is 22.2 Å². The predicted molar refractivity (Wildman–Crippen MR) is 119 cm³/mol. The zero-order valence-electron chi connectivity index (χ0n) is 17.1. The van der Waals surface area contributed by atoms with Crippen LogP contribution in [0.4, 0.5) is 5.69 Å². The van der Waals surface area contributed by atoms with E-state index in [1.807, 2.05) is 30.3 Å². The number of ether oxygens (including phenoxy) is 3. The molecule has 0 fully saturated rings. The average Bonchev–Trinajstić information content (AvgIpc) is 2.77. The fourth-order valence-corrected chi connectivity index (χ4v) is 2.69. The van der Waals surface area contributed by atoms with Gasteiger partial charge < -0.3 is 19.5 Å². The van der Waals surface area contributed by atoms with Crippen LogP contribution in [0.2, 0.25) is 5.02 Å². The second-order valence-corrected chi connectivity index (χ2v) is 7.16. The van der Waals surface area contributed by atoms with Gasteiger partial charge in [-0.1, -0.05) is 29.8 Å². The maximum absolute atomic E-state index is 12.4.